The molecule has 112 valence electrons. The molecule has 2 aromatic rings. The molecule has 0 amide bonds. The normalized spacial score (nSPS) is 10.9. The van der Waals surface area contributed by atoms with Crippen LogP contribution in [-0.2, 0) is 6.42 Å². The molecule has 0 saturated carbocycles. The van der Waals surface area contributed by atoms with Gasteiger partial charge in [-0.05, 0) is 24.1 Å². The standard InChI is InChI=1S/C15H18F2N4/c1-9(2)15-20-13(18)8-14(21-15)19-4-3-10-5-11(16)7-12(17)6-10/h5-9H,3-4H2,1-2H3,(H3,18,19,20,21). The van der Waals surface area contributed by atoms with Crippen LogP contribution in [0.3, 0.4) is 0 Å². The van der Waals surface area contributed by atoms with Gasteiger partial charge >= 0.3 is 0 Å². The molecule has 3 N–H and O–H groups in total. The molecule has 0 fully saturated rings. The van der Waals surface area contributed by atoms with E-state index in [2.05, 4.69) is 15.3 Å². The van der Waals surface area contributed by atoms with E-state index in [1.165, 1.54) is 12.1 Å². The van der Waals surface area contributed by atoms with Gasteiger partial charge in [0.2, 0.25) is 0 Å². The van der Waals surface area contributed by atoms with Gasteiger partial charge in [0.1, 0.15) is 29.1 Å². The van der Waals surface area contributed by atoms with Crippen LogP contribution in [0, 0.1) is 11.6 Å². The van der Waals surface area contributed by atoms with Crippen LogP contribution >= 0.6 is 0 Å². The number of nitrogens with two attached hydrogens (primary N) is 1. The van der Waals surface area contributed by atoms with Crippen LogP contribution in [0.5, 0.6) is 0 Å². The molecule has 0 spiro atoms. The zero-order valence-corrected chi connectivity index (χ0v) is 12.0. The maximum Gasteiger partial charge on any atom is 0.135 e. The van der Waals surface area contributed by atoms with E-state index in [1.54, 1.807) is 6.07 Å². The van der Waals surface area contributed by atoms with Crippen LogP contribution in [-0.4, -0.2) is 16.5 Å². The molecular weight excluding hydrogens is 274 g/mol. The molecule has 1 heterocycles. The Kier molecular flexibility index (Phi) is 4.67. The summed E-state index contributed by atoms with van der Waals surface area (Å²) in [6.07, 6.45) is 0.482. The van der Waals surface area contributed by atoms with Crippen molar-refractivity contribution >= 4 is 11.6 Å². The Morgan fingerprint density at radius 1 is 1.10 bits per heavy atom. The molecule has 1 aromatic carbocycles. The van der Waals surface area contributed by atoms with Crippen molar-refractivity contribution in [1.29, 1.82) is 0 Å². The first-order chi connectivity index (χ1) is 9.94. The van der Waals surface area contributed by atoms with Crippen molar-refractivity contribution in [3.8, 4) is 0 Å². The molecule has 0 unspecified atom stereocenters. The lowest BCUT2D eigenvalue weighted by atomic mass is 10.1. The Morgan fingerprint density at radius 2 is 1.76 bits per heavy atom. The lowest BCUT2D eigenvalue weighted by Crippen LogP contribution is -2.10. The Bertz CT molecular complexity index is 609. The summed E-state index contributed by atoms with van der Waals surface area (Å²) in [6.45, 7) is 4.46. The maximum absolute atomic E-state index is 13.1. The second-order valence-electron chi connectivity index (χ2n) is 5.15. The van der Waals surface area contributed by atoms with Gasteiger partial charge in [-0.25, -0.2) is 18.7 Å². The van der Waals surface area contributed by atoms with Crippen LogP contribution in [0.2, 0.25) is 0 Å². The number of aromatic nitrogens is 2. The largest absolute Gasteiger partial charge is 0.384 e. The molecule has 6 heteroatoms. The van der Waals surface area contributed by atoms with E-state index in [1.807, 2.05) is 13.8 Å². The molecule has 0 bridgehead atoms. The van der Waals surface area contributed by atoms with Gasteiger partial charge in [0, 0.05) is 24.6 Å². The fourth-order valence-corrected chi connectivity index (χ4v) is 1.92. The Hall–Kier alpha value is -2.24. The third-order valence-corrected chi connectivity index (χ3v) is 2.92. The number of nitrogens with zero attached hydrogens (tertiary/aromatic N) is 2. The smallest absolute Gasteiger partial charge is 0.135 e. The van der Waals surface area contributed by atoms with Crippen molar-refractivity contribution in [2.24, 2.45) is 0 Å². The van der Waals surface area contributed by atoms with Crippen molar-refractivity contribution in [2.75, 3.05) is 17.6 Å². The van der Waals surface area contributed by atoms with Crippen molar-refractivity contribution < 1.29 is 8.78 Å². The SMILES string of the molecule is CC(C)c1nc(N)cc(NCCc2cc(F)cc(F)c2)n1. The fraction of sp³-hybridized carbons (Fsp3) is 0.333. The van der Waals surface area contributed by atoms with E-state index in [4.69, 9.17) is 5.73 Å². The molecule has 0 aliphatic heterocycles. The summed E-state index contributed by atoms with van der Waals surface area (Å²) in [7, 11) is 0. The highest BCUT2D eigenvalue weighted by Gasteiger charge is 2.06. The van der Waals surface area contributed by atoms with E-state index in [0.717, 1.165) is 6.07 Å². The third kappa shape index (κ3) is 4.37. The highest BCUT2D eigenvalue weighted by molar-refractivity contribution is 5.45. The van der Waals surface area contributed by atoms with Gasteiger partial charge in [0.15, 0.2) is 0 Å². The zero-order valence-electron chi connectivity index (χ0n) is 12.0. The van der Waals surface area contributed by atoms with E-state index in [9.17, 15) is 8.78 Å². The molecule has 0 radical (unpaired) electrons. The molecule has 0 saturated heterocycles. The summed E-state index contributed by atoms with van der Waals surface area (Å²) in [5, 5.41) is 3.09. The highest BCUT2D eigenvalue weighted by atomic mass is 19.1. The van der Waals surface area contributed by atoms with Gasteiger partial charge in [0.25, 0.3) is 0 Å². The predicted molar refractivity (Wildman–Crippen MR) is 79.1 cm³/mol. The van der Waals surface area contributed by atoms with Gasteiger partial charge in [-0.15, -0.1) is 0 Å². The summed E-state index contributed by atoms with van der Waals surface area (Å²) < 4.78 is 26.2. The molecule has 0 aliphatic rings. The monoisotopic (exact) mass is 292 g/mol. The van der Waals surface area contributed by atoms with Gasteiger partial charge in [-0.3, -0.25) is 0 Å². The highest BCUT2D eigenvalue weighted by Crippen LogP contribution is 2.15. The lowest BCUT2D eigenvalue weighted by Gasteiger charge is -2.10. The summed E-state index contributed by atoms with van der Waals surface area (Å²) in [4.78, 5) is 8.50. The second-order valence-corrected chi connectivity index (χ2v) is 5.15. The summed E-state index contributed by atoms with van der Waals surface area (Å²) >= 11 is 0. The molecular formula is C15H18F2N4. The zero-order chi connectivity index (χ0) is 15.4. The molecule has 0 atom stereocenters. The van der Waals surface area contributed by atoms with Crippen molar-refractivity contribution in [3.05, 3.63) is 47.3 Å². The maximum atomic E-state index is 13.1. The van der Waals surface area contributed by atoms with Crippen LogP contribution in [0.4, 0.5) is 20.4 Å². The minimum absolute atomic E-state index is 0.173. The molecule has 1 aromatic heterocycles. The molecule has 21 heavy (non-hydrogen) atoms. The summed E-state index contributed by atoms with van der Waals surface area (Å²) in [5.41, 5.74) is 6.32. The summed E-state index contributed by atoms with van der Waals surface area (Å²) in [6, 6.07) is 5.13. The van der Waals surface area contributed by atoms with Gasteiger partial charge in [-0.2, -0.15) is 0 Å². The Morgan fingerprint density at radius 3 is 2.38 bits per heavy atom. The van der Waals surface area contributed by atoms with Crippen molar-refractivity contribution in [2.45, 2.75) is 26.2 Å². The van der Waals surface area contributed by atoms with E-state index in [0.29, 0.717) is 36.0 Å². The van der Waals surface area contributed by atoms with E-state index >= 15 is 0 Å². The number of hydrogen-bond donors (Lipinski definition) is 2. The van der Waals surface area contributed by atoms with Gasteiger partial charge in [-0.1, -0.05) is 13.8 Å². The van der Waals surface area contributed by atoms with Crippen LogP contribution < -0.4 is 11.1 Å². The predicted octanol–water partition coefficient (Wildman–Crippen LogP) is 3.12. The van der Waals surface area contributed by atoms with Crippen molar-refractivity contribution in [3.63, 3.8) is 0 Å². The first-order valence-corrected chi connectivity index (χ1v) is 6.77. The quantitative estimate of drug-likeness (QED) is 0.888. The van der Waals surface area contributed by atoms with Crippen LogP contribution in [0.15, 0.2) is 24.3 Å². The topological polar surface area (TPSA) is 63.8 Å². The first kappa shape index (κ1) is 15.2. The van der Waals surface area contributed by atoms with E-state index in [-0.39, 0.29) is 5.92 Å². The Balaban J connectivity index is 2.00. The summed E-state index contributed by atoms with van der Waals surface area (Å²) in [5.74, 6) is 0.702. The van der Waals surface area contributed by atoms with Crippen LogP contribution in [0.1, 0.15) is 31.2 Å². The number of benzene rings is 1. The van der Waals surface area contributed by atoms with Crippen LogP contribution in [0.25, 0.3) is 0 Å². The van der Waals surface area contributed by atoms with Gasteiger partial charge in [0.05, 0.1) is 0 Å². The number of hydrogen-bond acceptors (Lipinski definition) is 4. The van der Waals surface area contributed by atoms with Gasteiger partial charge < -0.3 is 11.1 Å². The first-order valence-electron chi connectivity index (χ1n) is 6.77. The molecule has 0 aliphatic carbocycles. The average molecular weight is 292 g/mol. The second kappa shape index (κ2) is 6.47. The fourth-order valence-electron chi connectivity index (χ4n) is 1.92. The number of halogens is 2. The number of nitrogens with one attached hydrogen (secondary N) is 1. The van der Waals surface area contributed by atoms with E-state index < -0.39 is 11.6 Å². The Labute approximate surface area is 122 Å². The number of rotatable bonds is 5. The molecule has 4 nitrogen and oxygen atoms in total. The average Bonchev–Trinajstić information content (AvgIpc) is 2.36. The number of nitrogen functional groups attached to an aromatic ring is 1. The third-order valence-electron chi connectivity index (χ3n) is 2.92. The number of anilines is 2. The minimum atomic E-state index is -0.571. The lowest BCUT2D eigenvalue weighted by molar-refractivity contribution is 0.580. The minimum Gasteiger partial charge on any atom is -0.384 e. The molecule has 2 rings (SSSR count). The van der Waals surface area contributed by atoms with Crippen molar-refractivity contribution in [1.82, 2.24) is 9.97 Å².